The van der Waals surface area contributed by atoms with Gasteiger partial charge in [-0.15, -0.1) is 0 Å². The molecule has 22 nitrogen and oxygen atoms in total. The van der Waals surface area contributed by atoms with E-state index in [9.17, 15) is 86.8 Å². The minimum absolute atomic E-state index is 0.0199. The van der Waals surface area contributed by atoms with E-state index in [0.29, 0.717) is 9.13 Å². The Hall–Kier alpha value is -1.09. The van der Waals surface area contributed by atoms with Crippen molar-refractivity contribution in [2.24, 2.45) is 0 Å². The maximum atomic E-state index is 11.8. The van der Waals surface area contributed by atoms with Crippen molar-refractivity contribution < 1.29 is 106 Å². The van der Waals surface area contributed by atoms with Gasteiger partial charge in [-0.2, -0.15) is 0 Å². The second kappa shape index (κ2) is 21.8. The molecule has 2 aliphatic heterocycles. The highest BCUT2D eigenvalue weighted by Gasteiger charge is 2.51. The van der Waals surface area contributed by atoms with E-state index in [2.05, 4.69) is 0 Å². The van der Waals surface area contributed by atoms with Gasteiger partial charge in [-0.05, 0) is 46.7 Å². The Morgan fingerprint density at radius 2 is 1.25 bits per heavy atom. The van der Waals surface area contributed by atoms with Crippen LogP contribution in [0.25, 0.3) is 0 Å². The molecule has 0 spiro atoms. The van der Waals surface area contributed by atoms with Crippen LogP contribution >= 0.6 is 22.6 Å². The van der Waals surface area contributed by atoms with Crippen LogP contribution in [0.2, 0.25) is 0 Å². The van der Waals surface area contributed by atoms with Gasteiger partial charge < -0.3 is 106 Å². The molecule has 3 rings (SSSR count). The van der Waals surface area contributed by atoms with E-state index in [1.807, 2.05) is 22.6 Å². The molecule has 0 bridgehead atoms. The lowest BCUT2D eigenvalue weighted by atomic mass is 9.91. The number of aliphatic hydroxyl groups excluding tert-OH is 15. The zero-order valence-corrected chi connectivity index (χ0v) is 31.6. The van der Waals surface area contributed by atoms with Gasteiger partial charge in [-0.25, -0.2) is 0 Å². The minimum Gasteiger partial charge on any atom is -0.507 e. The lowest BCUT2D eigenvalue weighted by Gasteiger charge is -2.45. The molecule has 0 saturated carbocycles. The molecule has 2 saturated heterocycles. The van der Waals surface area contributed by atoms with Crippen molar-refractivity contribution in [1.29, 1.82) is 0 Å². The minimum atomic E-state index is -2.65. The van der Waals surface area contributed by atoms with Crippen LogP contribution in [-0.4, -0.2) is 248 Å². The number of phenolic OH excluding ortho intramolecular Hbond substituents is 1. The van der Waals surface area contributed by atoms with Gasteiger partial charge in [0.05, 0.1) is 42.7 Å². The normalized spacial score (nSPS) is 33.4. The molecule has 2 heterocycles. The number of phenols is 1. The highest BCUT2D eigenvalue weighted by atomic mass is 125. The summed E-state index contributed by atoms with van der Waals surface area (Å²) < 4.78 is 22.1. The molecule has 17 N–H and O–H groups in total. The van der Waals surface area contributed by atoms with E-state index >= 15 is 0 Å². The van der Waals surface area contributed by atoms with Crippen molar-refractivity contribution in [1.82, 2.24) is 4.90 Å². The molecule has 23 heteroatoms. The molecule has 2 fully saturated rings. The summed E-state index contributed by atoms with van der Waals surface area (Å²) >= 11 is 1.88. The van der Waals surface area contributed by atoms with E-state index < -0.39 is 150 Å². The van der Waals surface area contributed by atoms with E-state index in [1.165, 1.54) is 11.0 Å². The molecule has 2 aliphatic rings. The third-order valence-corrected chi connectivity index (χ3v) is 10.4. The fraction of sp³-hybridized carbons (Fsp3) is 0.812. The largest absolute Gasteiger partial charge is 0.507 e. The van der Waals surface area contributed by atoms with E-state index in [4.69, 9.17) is 18.9 Å². The standard InChI is InChI=1S/C32H54INO21/c33-14-5-13(1-2-15(14)40)3-4-34(6-16(41)21(44)28(17(42)7-35)54-30-26(49)24(47)22(45)19(9-37)52-30)11-32(51,12-39)29(18(43)8-36)55-31-27(50)25(48)23(46)20(10-38)53-31/h1-2,5,16-31,35-51H,3-4,6-12H2/i33-2. The molecule has 0 radical (unpaired) electrons. The number of hydrogen-bond acceptors (Lipinski definition) is 22. The predicted molar refractivity (Wildman–Crippen MR) is 188 cm³/mol. The number of ether oxygens (including phenoxy) is 4. The smallest absolute Gasteiger partial charge is 0.187 e. The number of aromatic hydroxyl groups is 1. The van der Waals surface area contributed by atoms with Gasteiger partial charge in [0.2, 0.25) is 0 Å². The van der Waals surface area contributed by atoms with Crippen LogP contribution in [0, 0.1) is 3.57 Å². The van der Waals surface area contributed by atoms with Gasteiger partial charge in [0.15, 0.2) is 12.6 Å². The molecule has 55 heavy (non-hydrogen) atoms. The van der Waals surface area contributed by atoms with Gasteiger partial charge >= 0.3 is 0 Å². The third-order valence-electron chi connectivity index (χ3n) is 9.58. The summed E-state index contributed by atoms with van der Waals surface area (Å²) in [5.41, 5.74) is -2.04. The zero-order valence-electron chi connectivity index (χ0n) is 29.4. The van der Waals surface area contributed by atoms with E-state index in [1.54, 1.807) is 12.1 Å². The fourth-order valence-electron chi connectivity index (χ4n) is 6.27. The number of rotatable bonds is 21. The van der Waals surface area contributed by atoms with E-state index in [-0.39, 0.29) is 18.7 Å². The van der Waals surface area contributed by atoms with Crippen LogP contribution in [0.5, 0.6) is 5.75 Å². The van der Waals surface area contributed by atoms with Crippen molar-refractivity contribution >= 4 is 22.6 Å². The zero-order chi connectivity index (χ0) is 41.4. The summed E-state index contributed by atoms with van der Waals surface area (Å²) in [6, 6.07) is 4.57. The Morgan fingerprint density at radius 3 is 1.73 bits per heavy atom. The third kappa shape index (κ3) is 12.0. The molecular weight excluding hydrogens is 859 g/mol. The summed E-state index contributed by atoms with van der Waals surface area (Å²) in [4.78, 5) is 1.23. The quantitative estimate of drug-likeness (QED) is 0.0509. The van der Waals surface area contributed by atoms with Crippen molar-refractivity contribution in [2.45, 2.75) is 110 Å². The topological polar surface area (TPSA) is 384 Å². The van der Waals surface area contributed by atoms with Crippen molar-refractivity contribution in [3.63, 3.8) is 0 Å². The maximum absolute atomic E-state index is 11.8. The van der Waals surface area contributed by atoms with Crippen LogP contribution in [0.3, 0.4) is 0 Å². The molecule has 320 valence electrons. The molecular formula is C32H54INO21. The number of hydrogen-bond donors (Lipinski definition) is 17. The van der Waals surface area contributed by atoms with Crippen LogP contribution in [0.15, 0.2) is 18.2 Å². The second-order valence-corrected chi connectivity index (χ2v) is 14.8. The molecule has 17 unspecified atom stereocenters. The first-order valence-corrected chi connectivity index (χ1v) is 18.3. The van der Waals surface area contributed by atoms with Gasteiger partial charge in [-0.3, -0.25) is 4.90 Å². The summed E-state index contributed by atoms with van der Waals surface area (Å²) in [5, 5.41) is 177. The Morgan fingerprint density at radius 1 is 0.727 bits per heavy atom. The average Bonchev–Trinajstić information content (AvgIpc) is 3.17. The van der Waals surface area contributed by atoms with Crippen molar-refractivity contribution in [3.8, 4) is 5.75 Å². The van der Waals surface area contributed by atoms with Crippen molar-refractivity contribution in [2.75, 3.05) is 52.7 Å². The van der Waals surface area contributed by atoms with Gasteiger partial charge in [0.1, 0.15) is 90.7 Å². The molecule has 1 aromatic rings. The SMILES string of the molecule is OCC(O)C(OC1OC(CO)C(O)C(O)C1O)C(O)C(O)CN(CCc1ccc(O)c([125I])c1)CC(O)(CO)C(OC1OC(CO)C(O)C(O)C1O)C(O)CO. The average molecular weight is 914 g/mol. The number of halogens is 1. The molecule has 17 atom stereocenters. The molecule has 1 aromatic carbocycles. The predicted octanol–water partition coefficient (Wildman–Crippen LogP) is -8.64. The summed E-state index contributed by atoms with van der Waals surface area (Å²) in [6.45, 7) is -6.73. The highest BCUT2D eigenvalue weighted by Crippen LogP contribution is 2.29. The van der Waals surface area contributed by atoms with E-state index in [0.717, 1.165) is 0 Å². The van der Waals surface area contributed by atoms with Crippen LogP contribution < -0.4 is 0 Å². The lowest BCUT2D eigenvalue weighted by molar-refractivity contribution is -0.335. The monoisotopic (exact) mass is 913 g/mol. The van der Waals surface area contributed by atoms with Gasteiger partial charge in [0.25, 0.3) is 0 Å². The van der Waals surface area contributed by atoms with Gasteiger partial charge in [-0.1, -0.05) is 6.07 Å². The number of benzene rings is 1. The Labute approximate surface area is 328 Å². The highest BCUT2D eigenvalue weighted by molar-refractivity contribution is 14.1. The Balaban J connectivity index is 1.94. The number of aliphatic hydroxyl groups is 16. The fourth-order valence-corrected chi connectivity index (χ4v) is 6.85. The van der Waals surface area contributed by atoms with Gasteiger partial charge in [0, 0.05) is 19.6 Å². The molecule has 0 aliphatic carbocycles. The summed E-state index contributed by atoms with van der Waals surface area (Å²) in [5.74, 6) is -0.0199. The first-order valence-electron chi connectivity index (χ1n) is 17.3. The summed E-state index contributed by atoms with van der Waals surface area (Å²) in [6.07, 6.45) is -30.4. The van der Waals surface area contributed by atoms with Crippen LogP contribution in [0.4, 0.5) is 0 Å². The number of nitrogens with zero attached hydrogens (tertiary/aromatic N) is 1. The van der Waals surface area contributed by atoms with Crippen LogP contribution in [0.1, 0.15) is 5.56 Å². The van der Waals surface area contributed by atoms with Crippen LogP contribution in [-0.2, 0) is 25.4 Å². The maximum Gasteiger partial charge on any atom is 0.187 e. The van der Waals surface area contributed by atoms with Crippen molar-refractivity contribution in [3.05, 3.63) is 27.3 Å². The first kappa shape index (κ1) is 48.3. The Kier molecular flexibility index (Phi) is 19.1. The Bertz CT molecular complexity index is 1290. The summed E-state index contributed by atoms with van der Waals surface area (Å²) in [7, 11) is 0. The first-order chi connectivity index (χ1) is 25.9. The lowest BCUT2D eigenvalue weighted by Crippen LogP contribution is -2.65. The molecule has 0 aromatic heterocycles. The molecule has 0 amide bonds. The second-order valence-electron chi connectivity index (χ2n) is 13.6.